The van der Waals surface area contributed by atoms with Crippen molar-refractivity contribution in [2.45, 2.75) is 71.5 Å². The Morgan fingerprint density at radius 1 is 0.895 bits per heavy atom. The Morgan fingerprint density at radius 2 is 1.53 bits per heavy atom. The quantitative estimate of drug-likeness (QED) is 0.381. The van der Waals surface area contributed by atoms with E-state index in [0.717, 1.165) is 12.8 Å². The van der Waals surface area contributed by atoms with Gasteiger partial charge in [0.05, 0.1) is 5.60 Å². The van der Waals surface area contributed by atoms with E-state index in [9.17, 15) is 0 Å². The molecule has 2 nitrogen and oxygen atoms in total. The van der Waals surface area contributed by atoms with Crippen LogP contribution in [-0.2, 0) is 15.4 Å². The van der Waals surface area contributed by atoms with Crippen molar-refractivity contribution < 1.29 is 9.78 Å². The maximum atomic E-state index is 5.83. The monoisotopic (exact) mass is 264 g/mol. The zero-order valence-electron chi connectivity index (χ0n) is 13.0. The summed E-state index contributed by atoms with van der Waals surface area (Å²) in [6, 6.07) is 10.3. The van der Waals surface area contributed by atoms with Crippen molar-refractivity contribution in [2.75, 3.05) is 0 Å². The molecule has 0 fully saturated rings. The molecule has 0 saturated heterocycles. The molecule has 0 radical (unpaired) electrons. The van der Waals surface area contributed by atoms with E-state index < -0.39 is 0 Å². The highest BCUT2D eigenvalue weighted by molar-refractivity contribution is 5.21. The summed E-state index contributed by atoms with van der Waals surface area (Å²) in [6.07, 6.45) is 4.56. The molecule has 19 heavy (non-hydrogen) atoms. The van der Waals surface area contributed by atoms with E-state index in [-0.39, 0.29) is 11.2 Å². The van der Waals surface area contributed by atoms with Crippen molar-refractivity contribution in [3.05, 3.63) is 35.9 Å². The van der Waals surface area contributed by atoms with E-state index in [1.54, 1.807) is 0 Å². The molecular formula is C17H28O2. The molecule has 0 aliphatic rings. The van der Waals surface area contributed by atoms with Crippen molar-refractivity contribution in [2.24, 2.45) is 0 Å². The van der Waals surface area contributed by atoms with Gasteiger partial charge in [-0.1, -0.05) is 56.5 Å². The fourth-order valence-electron chi connectivity index (χ4n) is 1.95. The Labute approximate surface area is 118 Å². The average molecular weight is 264 g/mol. The number of unbranched alkanes of at least 4 members (excludes halogenated alkanes) is 2. The smallest absolute Gasteiger partial charge is 0.126 e. The molecule has 0 amide bonds. The third-order valence-corrected chi connectivity index (χ3v) is 3.12. The Hall–Kier alpha value is -0.860. The molecule has 0 spiro atoms. The molecular weight excluding hydrogens is 236 g/mol. The highest BCUT2D eigenvalue weighted by Crippen LogP contribution is 2.32. The van der Waals surface area contributed by atoms with Gasteiger partial charge < -0.3 is 0 Å². The molecule has 0 heterocycles. The average Bonchev–Trinajstić information content (AvgIpc) is 2.37. The summed E-state index contributed by atoms with van der Waals surface area (Å²) in [5.41, 5.74) is 0.514. The molecule has 1 aromatic carbocycles. The summed E-state index contributed by atoms with van der Waals surface area (Å²) < 4.78 is 0. The molecule has 0 aliphatic carbocycles. The predicted molar refractivity (Wildman–Crippen MR) is 79.9 cm³/mol. The fourth-order valence-corrected chi connectivity index (χ4v) is 1.95. The van der Waals surface area contributed by atoms with Crippen molar-refractivity contribution >= 4 is 0 Å². The van der Waals surface area contributed by atoms with Crippen LogP contribution < -0.4 is 0 Å². The van der Waals surface area contributed by atoms with Crippen molar-refractivity contribution in [1.29, 1.82) is 0 Å². The molecule has 0 N–H and O–H groups in total. The normalized spacial score (nSPS) is 15.2. The van der Waals surface area contributed by atoms with E-state index in [0.29, 0.717) is 0 Å². The van der Waals surface area contributed by atoms with Gasteiger partial charge in [0.25, 0.3) is 0 Å². The number of hydrogen-bond donors (Lipinski definition) is 0. The van der Waals surface area contributed by atoms with Crippen LogP contribution >= 0.6 is 0 Å². The first kappa shape index (κ1) is 16.2. The standard InChI is InChI=1S/C17H28O2/c1-6-7-11-14-17(5,19-18-16(2,3)4)15-12-9-8-10-13-15/h8-10,12-13H,6-7,11,14H2,1-5H3. The van der Waals surface area contributed by atoms with E-state index in [1.807, 2.05) is 39.0 Å². The number of rotatable bonds is 7. The number of hydrogen-bond acceptors (Lipinski definition) is 2. The lowest BCUT2D eigenvalue weighted by atomic mass is 9.90. The first-order valence-electron chi connectivity index (χ1n) is 7.30. The lowest BCUT2D eigenvalue weighted by molar-refractivity contribution is -0.407. The van der Waals surface area contributed by atoms with Gasteiger partial charge in [0.15, 0.2) is 0 Å². The summed E-state index contributed by atoms with van der Waals surface area (Å²) in [6.45, 7) is 10.3. The summed E-state index contributed by atoms with van der Waals surface area (Å²) >= 11 is 0. The van der Waals surface area contributed by atoms with Crippen LogP contribution in [0.4, 0.5) is 0 Å². The first-order chi connectivity index (χ1) is 8.87. The van der Waals surface area contributed by atoms with Gasteiger partial charge in [-0.25, -0.2) is 9.78 Å². The lowest BCUT2D eigenvalue weighted by Crippen LogP contribution is -2.31. The largest absolute Gasteiger partial charge is 0.230 e. The van der Waals surface area contributed by atoms with Gasteiger partial charge in [-0.3, -0.25) is 0 Å². The van der Waals surface area contributed by atoms with Crippen LogP contribution in [-0.4, -0.2) is 5.60 Å². The van der Waals surface area contributed by atoms with Crippen LogP contribution in [0.3, 0.4) is 0 Å². The Bertz CT molecular complexity index is 353. The van der Waals surface area contributed by atoms with Crippen molar-refractivity contribution in [3.63, 3.8) is 0 Å². The predicted octanol–water partition coefficient (Wildman–Crippen LogP) is 5.23. The molecule has 0 bridgehead atoms. The van der Waals surface area contributed by atoms with E-state index in [4.69, 9.17) is 9.78 Å². The van der Waals surface area contributed by atoms with Crippen molar-refractivity contribution in [3.8, 4) is 0 Å². The van der Waals surface area contributed by atoms with Gasteiger partial charge in [-0.2, -0.15) is 0 Å². The van der Waals surface area contributed by atoms with Crippen LogP contribution in [0.2, 0.25) is 0 Å². The van der Waals surface area contributed by atoms with Gasteiger partial charge in [0, 0.05) is 0 Å². The van der Waals surface area contributed by atoms with Gasteiger partial charge in [0.1, 0.15) is 5.60 Å². The van der Waals surface area contributed by atoms with Crippen LogP contribution in [0.1, 0.15) is 65.9 Å². The van der Waals surface area contributed by atoms with Gasteiger partial charge in [0.2, 0.25) is 0 Å². The molecule has 1 aromatic rings. The molecule has 1 unspecified atom stereocenters. The van der Waals surface area contributed by atoms with E-state index in [1.165, 1.54) is 18.4 Å². The minimum absolute atomic E-state index is 0.291. The highest BCUT2D eigenvalue weighted by atomic mass is 17.2. The Kier molecular flexibility index (Phi) is 6.02. The number of benzene rings is 1. The summed E-state index contributed by atoms with van der Waals surface area (Å²) in [5.74, 6) is 0. The molecule has 0 saturated carbocycles. The molecule has 0 aromatic heterocycles. The van der Waals surface area contributed by atoms with Crippen LogP contribution in [0, 0.1) is 0 Å². The second kappa shape index (κ2) is 7.06. The van der Waals surface area contributed by atoms with Crippen LogP contribution in [0.5, 0.6) is 0 Å². The lowest BCUT2D eigenvalue weighted by Gasteiger charge is -2.32. The minimum Gasteiger partial charge on any atom is -0.230 e. The van der Waals surface area contributed by atoms with Crippen LogP contribution in [0.25, 0.3) is 0 Å². The zero-order valence-corrected chi connectivity index (χ0v) is 13.0. The van der Waals surface area contributed by atoms with Gasteiger partial charge >= 0.3 is 0 Å². The minimum atomic E-state index is -0.371. The second-order valence-corrected chi connectivity index (χ2v) is 6.33. The van der Waals surface area contributed by atoms with Gasteiger partial charge in [-0.15, -0.1) is 0 Å². The zero-order chi connectivity index (χ0) is 14.4. The summed E-state index contributed by atoms with van der Waals surface area (Å²) in [7, 11) is 0. The molecule has 1 atom stereocenters. The van der Waals surface area contributed by atoms with Crippen molar-refractivity contribution in [1.82, 2.24) is 0 Å². The fraction of sp³-hybridized carbons (Fsp3) is 0.647. The molecule has 108 valence electrons. The molecule has 0 aliphatic heterocycles. The summed E-state index contributed by atoms with van der Waals surface area (Å²) in [5, 5.41) is 0. The third kappa shape index (κ3) is 5.75. The topological polar surface area (TPSA) is 18.5 Å². The summed E-state index contributed by atoms with van der Waals surface area (Å²) in [4.78, 5) is 11.4. The highest BCUT2D eigenvalue weighted by Gasteiger charge is 2.30. The maximum absolute atomic E-state index is 5.83. The van der Waals surface area contributed by atoms with E-state index >= 15 is 0 Å². The molecule has 1 rings (SSSR count). The second-order valence-electron chi connectivity index (χ2n) is 6.33. The SMILES string of the molecule is CCCCCC(C)(OOC(C)(C)C)c1ccccc1. The maximum Gasteiger partial charge on any atom is 0.126 e. The van der Waals surface area contributed by atoms with Gasteiger partial charge in [-0.05, 0) is 39.7 Å². The Morgan fingerprint density at radius 3 is 2.05 bits per heavy atom. The van der Waals surface area contributed by atoms with Crippen LogP contribution in [0.15, 0.2) is 30.3 Å². The first-order valence-corrected chi connectivity index (χ1v) is 7.30. The Balaban J connectivity index is 2.78. The van der Waals surface area contributed by atoms with E-state index in [2.05, 4.69) is 26.0 Å². The third-order valence-electron chi connectivity index (χ3n) is 3.12. The molecule has 2 heteroatoms.